The number of amides is 1. The lowest BCUT2D eigenvalue weighted by molar-refractivity contribution is 0.103. The number of anilines is 1. The van der Waals surface area contributed by atoms with Crippen LogP contribution in [0.15, 0.2) is 48.5 Å². The van der Waals surface area contributed by atoms with Crippen LogP contribution in [0.3, 0.4) is 0 Å². The molecule has 0 aliphatic rings. The van der Waals surface area contributed by atoms with Gasteiger partial charge >= 0.3 is 0 Å². The number of carbonyl (C=O) groups excluding carboxylic acids is 1. The number of aryl methyl sites for hydroxylation is 1. The van der Waals surface area contributed by atoms with E-state index < -0.39 is 0 Å². The Morgan fingerprint density at radius 3 is 2.75 bits per heavy atom. The summed E-state index contributed by atoms with van der Waals surface area (Å²) in [6.07, 6.45) is 0.889. The van der Waals surface area contributed by atoms with E-state index in [0.29, 0.717) is 4.88 Å². The highest BCUT2D eigenvalue weighted by molar-refractivity contribution is 7.09. The lowest BCUT2D eigenvalue weighted by atomic mass is 10.1. The maximum absolute atomic E-state index is 12.4. The number of hydrogen-bond donors (Lipinski definition) is 1. The quantitative estimate of drug-likeness (QED) is 0.785. The minimum atomic E-state index is -0.0930. The molecule has 0 saturated heterocycles. The van der Waals surface area contributed by atoms with Crippen LogP contribution in [-0.4, -0.2) is 10.3 Å². The zero-order chi connectivity index (χ0) is 13.9. The van der Waals surface area contributed by atoms with Gasteiger partial charge in [-0.2, -0.15) is 4.37 Å². The number of carbonyl (C=O) groups is 1. The lowest BCUT2D eigenvalue weighted by Gasteiger charge is -2.08. The van der Waals surface area contributed by atoms with Crippen molar-refractivity contribution in [1.82, 2.24) is 4.37 Å². The third-order valence-corrected chi connectivity index (χ3v) is 4.11. The molecule has 3 rings (SSSR count). The number of nitrogens with zero attached hydrogens (tertiary/aromatic N) is 1. The molecule has 1 aromatic heterocycles. The fourth-order valence-electron chi connectivity index (χ4n) is 2.18. The Balaban J connectivity index is 1.93. The van der Waals surface area contributed by atoms with Gasteiger partial charge in [0, 0.05) is 11.1 Å². The Morgan fingerprint density at radius 1 is 1.15 bits per heavy atom. The largest absolute Gasteiger partial charge is 0.321 e. The maximum Gasteiger partial charge on any atom is 0.268 e. The second-order valence-corrected chi connectivity index (χ2v) is 5.27. The van der Waals surface area contributed by atoms with Crippen LogP contribution in [0.25, 0.3) is 10.9 Å². The molecule has 0 fully saturated rings. The summed E-state index contributed by atoms with van der Waals surface area (Å²) in [6, 6.07) is 15.6. The molecule has 1 amide bonds. The minimum Gasteiger partial charge on any atom is -0.321 e. The van der Waals surface area contributed by atoms with Crippen molar-refractivity contribution in [2.75, 3.05) is 5.32 Å². The van der Waals surface area contributed by atoms with Crippen LogP contribution in [0.2, 0.25) is 0 Å². The predicted molar refractivity (Wildman–Crippen MR) is 83.4 cm³/mol. The van der Waals surface area contributed by atoms with Crippen molar-refractivity contribution in [2.45, 2.75) is 13.3 Å². The van der Waals surface area contributed by atoms with Crippen molar-refractivity contribution in [3.63, 3.8) is 0 Å². The van der Waals surface area contributed by atoms with E-state index in [9.17, 15) is 4.79 Å². The molecule has 0 aliphatic heterocycles. The van der Waals surface area contributed by atoms with Crippen LogP contribution in [0.5, 0.6) is 0 Å². The van der Waals surface area contributed by atoms with Gasteiger partial charge in [-0.15, -0.1) is 0 Å². The van der Waals surface area contributed by atoms with Gasteiger partial charge in [0.1, 0.15) is 4.88 Å². The van der Waals surface area contributed by atoms with Gasteiger partial charge < -0.3 is 5.32 Å². The smallest absolute Gasteiger partial charge is 0.268 e. The molecule has 0 aliphatic carbocycles. The van der Waals surface area contributed by atoms with E-state index in [1.54, 1.807) is 0 Å². The van der Waals surface area contributed by atoms with Crippen LogP contribution in [0, 0.1) is 0 Å². The SMILES string of the molecule is CCc1ccccc1NC(=O)c1snc2ccccc12. The number of fused-ring (bicyclic) bond motifs is 1. The van der Waals surface area contributed by atoms with Crippen LogP contribution < -0.4 is 5.32 Å². The highest BCUT2D eigenvalue weighted by atomic mass is 32.1. The summed E-state index contributed by atoms with van der Waals surface area (Å²) in [7, 11) is 0. The summed E-state index contributed by atoms with van der Waals surface area (Å²) >= 11 is 1.24. The van der Waals surface area contributed by atoms with Crippen molar-refractivity contribution in [2.24, 2.45) is 0 Å². The minimum absolute atomic E-state index is 0.0930. The van der Waals surface area contributed by atoms with Crippen molar-refractivity contribution in [3.05, 3.63) is 59.0 Å². The molecule has 100 valence electrons. The normalized spacial score (nSPS) is 10.7. The van der Waals surface area contributed by atoms with Gasteiger partial charge in [-0.3, -0.25) is 4.79 Å². The van der Waals surface area contributed by atoms with Crippen molar-refractivity contribution >= 4 is 34.0 Å². The lowest BCUT2D eigenvalue weighted by Crippen LogP contribution is -2.12. The predicted octanol–water partition coefficient (Wildman–Crippen LogP) is 4.11. The van der Waals surface area contributed by atoms with Crippen molar-refractivity contribution < 1.29 is 4.79 Å². The monoisotopic (exact) mass is 282 g/mol. The molecule has 3 nitrogen and oxygen atoms in total. The van der Waals surface area contributed by atoms with E-state index in [2.05, 4.69) is 16.6 Å². The van der Waals surface area contributed by atoms with Crippen molar-refractivity contribution in [3.8, 4) is 0 Å². The van der Waals surface area contributed by atoms with E-state index >= 15 is 0 Å². The van der Waals surface area contributed by atoms with Crippen molar-refractivity contribution in [1.29, 1.82) is 0 Å². The molecule has 4 heteroatoms. The van der Waals surface area contributed by atoms with Gasteiger partial charge in [0.15, 0.2) is 0 Å². The number of rotatable bonds is 3. The summed E-state index contributed by atoms with van der Waals surface area (Å²) in [5, 5.41) is 3.89. The van der Waals surface area contributed by atoms with E-state index in [0.717, 1.165) is 28.6 Å². The van der Waals surface area contributed by atoms with Crippen LogP contribution in [0.1, 0.15) is 22.2 Å². The first-order valence-corrected chi connectivity index (χ1v) is 7.30. The fraction of sp³-hybridized carbons (Fsp3) is 0.125. The van der Waals surface area contributed by atoms with E-state index in [1.807, 2.05) is 48.5 Å². The van der Waals surface area contributed by atoms with Gasteiger partial charge in [-0.25, -0.2) is 0 Å². The Hall–Kier alpha value is -2.20. The maximum atomic E-state index is 12.4. The molecule has 20 heavy (non-hydrogen) atoms. The first-order valence-electron chi connectivity index (χ1n) is 6.53. The molecule has 3 aromatic rings. The van der Waals surface area contributed by atoms with Crippen LogP contribution in [0.4, 0.5) is 5.69 Å². The summed E-state index contributed by atoms with van der Waals surface area (Å²) in [5.74, 6) is -0.0930. The number of aromatic nitrogens is 1. The molecule has 2 aromatic carbocycles. The Kier molecular flexibility index (Phi) is 3.48. The Bertz CT molecular complexity index is 764. The second kappa shape index (κ2) is 5.43. The van der Waals surface area contributed by atoms with E-state index in [-0.39, 0.29) is 5.91 Å². The fourth-order valence-corrected chi connectivity index (χ4v) is 2.94. The zero-order valence-corrected chi connectivity index (χ0v) is 11.9. The highest BCUT2D eigenvalue weighted by Gasteiger charge is 2.14. The average molecular weight is 282 g/mol. The van der Waals surface area contributed by atoms with Crippen LogP contribution in [-0.2, 0) is 6.42 Å². The number of hydrogen-bond acceptors (Lipinski definition) is 3. The van der Waals surface area contributed by atoms with Crippen LogP contribution >= 0.6 is 11.5 Å². The van der Waals surface area contributed by atoms with E-state index in [1.165, 1.54) is 11.5 Å². The Labute approximate surface area is 121 Å². The third-order valence-electron chi connectivity index (χ3n) is 3.24. The second-order valence-electron chi connectivity index (χ2n) is 4.49. The number of para-hydroxylation sites is 1. The topological polar surface area (TPSA) is 42.0 Å². The summed E-state index contributed by atoms with van der Waals surface area (Å²) in [5.41, 5.74) is 2.87. The molecular weight excluding hydrogens is 268 g/mol. The summed E-state index contributed by atoms with van der Waals surface area (Å²) in [4.78, 5) is 13.1. The van der Waals surface area contributed by atoms with Gasteiger partial charge in [-0.1, -0.05) is 43.3 Å². The molecule has 0 unspecified atom stereocenters. The molecule has 1 heterocycles. The third kappa shape index (κ3) is 2.30. The molecule has 0 atom stereocenters. The summed E-state index contributed by atoms with van der Waals surface area (Å²) in [6.45, 7) is 2.08. The number of benzene rings is 2. The molecule has 0 radical (unpaired) electrons. The van der Waals surface area contributed by atoms with Gasteiger partial charge in [0.2, 0.25) is 0 Å². The Morgan fingerprint density at radius 2 is 1.90 bits per heavy atom. The standard InChI is InChI=1S/C16H14N2OS/c1-2-11-7-3-5-9-13(11)17-16(19)15-12-8-4-6-10-14(12)18-20-15/h3-10H,2H2,1H3,(H,17,19). The molecule has 0 bridgehead atoms. The highest BCUT2D eigenvalue weighted by Crippen LogP contribution is 2.24. The number of nitrogens with one attached hydrogen (secondary N) is 1. The molecular formula is C16H14N2OS. The summed E-state index contributed by atoms with van der Waals surface area (Å²) < 4.78 is 4.30. The molecule has 0 spiro atoms. The van der Waals surface area contributed by atoms with Gasteiger partial charge in [0.25, 0.3) is 5.91 Å². The average Bonchev–Trinajstić information content (AvgIpc) is 2.92. The van der Waals surface area contributed by atoms with E-state index in [4.69, 9.17) is 0 Å². The first-order chi connectivity index (χ1) is 9.79. The van der Waals surface area contributed by atoms with Gasteiger partial charge in [0.05, 0.1) is 5.52 Å². The first kappa shape index (κ1) is 12.8. The van der Waals surface area contributed by atoms with Gasteiger partial charge in [-0.05, 0) is 35.6 Å². The molecule has 1 N–H and O–H groups in total. The molecule has 0 saturated carbocycles. The zero-order valence-electron chi connectivity index (χ0n) is 11.1.